The number of anilines is 3. The Morgan fingerprint density at radius 2 is 2.19 bits per heavy atom. The van der Waals surface area contributed by atoms with Gasteiger partial charge in [0.25, 0.3) is 5.95 Å². The molecule has 0 bridgehead atoms. The summed E-state index contributed by atoms with van der Waals surface area (Å²) in [4.78, 5) is 17.3. The third-order valence-electron chi connectivity index (χ3n) is 4.36. The first-order valence-electron chi connectivity index (χ1n) is 8.43. The van der Waals surface area contributed by atoms with Gasteiger partial charge < -0.3 is 20.6 Å². The Labute approximate surface area is 159 Å². The van der Waals surface area contributed by atoms with Crippen LogP contribution in [-0.2, 0) is 0 Å². The molecule has 1 aliphatic heterocycles. The predicted octanol–water partition coefficient (Wildman–Crippen LogP) is 2.15. The van der Waals surface area contributed by atoms with Crippen LogP contribution in [-0.4, -0.2) is 55.1 Å². The van der Waals surface area contributed by atoms with E-state index in [-0.39, 0.29) is 6.04 Å². The molecule has 0 aliphatic carbocycles. The second kappa shape index (κ2) is 7.23. The minimum atomic E-state index is -1.01. The maximum absolute atomic E-state index is 11.0. The van der Waals surface area contributed by atoms with Crippen LogP contribution in [0.1, 0.15) is 12.8 Å². The van der Waals surface area contributed by atoms with Crippen molar-refractivity contribution < 1.29 is 9.90 Å². The molecule has 10 nitrogen and oxygen atoms in total. The zero-order valence-electron chi connectivity index (χ0n) is 14.2. The Kier molecular flexibility index (Phi) is 4.63. The Balaban J connectivity index is 1.61. The van der Waals surface area contributed by atoms with E-state index in [1.165, 1.54) is 4.52 Å². The smallest absolute Gasteiger partial charge is 0.404 e. The lowest BCUT2D eigenvalue weighted by atomic mass is 10.1. The van der Waals surface area contributed by atoms with Gasteiger partial charge in [0, 0.05) is 25.3 Å². The van der Waals surface area contributed by atoms with Crippen LogP contribution in [0.5, 0.6) is 0 Å². The van der Waals surface area contributed by atoms with Gasteiger partial charge in [-0.25, -0.2) is 4.79 Å². The van der Waals surface area contributed by atoms with Gasteiger partial charge in [0.15, 0.2) is 5.65 Å². The number of piperidine rings is 1. The van der Waals surface area contributed by atoms with Crippen molar-refractivity contribution in [3.63, 3.8) is 0 Å². The number of amides is 1. The number of nitrogens with zero attached hydrogens (tertiary/aromatic N) is 6. The van der Waals surface area contributed by atoms with Crippen molar-refractivity contribution in [1.82, 2.24) is 30.1 Å². The highest BCUT2D eigenvalue weighted by Crippen LogP contribution is 2.29. The van der Waals surface area contributed by atoms with E-state index in [2.05, 4.69) is 35.8 Å². The fraction of sp³-hybridized carbons (Fsp3) is 0.312. The quantitative estimate of drug-likeness (QED) is 0.621. The Hall–Kier alpha value is -3.14. The molecule has 1 unspecified atom stereocenters. The number of hydrogen-bond donors (Lipinski definition) is 3. The molecule has 1 aliphatic rings. The number of nitrogens with one attached hydrogen (secondary N) is 2. The Morgan fingerprint density at radius 1 is 1.30 bits per heavy atom. The Morgan fingerprint density at radius 3 is 3.04 bits per heavy atom. The zero-order valence-corrected chi connectivity index (χ0v) is 15.0. The molecule has 3 N–H and O–H groups in total. The first-order chi connectivity index (χ1) is 13.1. The van der Waals surface area contributed by atoms with Gasteiger partial charge in [0.05, 0.1) is 17.6 Å². The molecule has 0 spiro atoms. The number of carbonyl (C=O) groups is 1. The second-order valence-electron chi connectivity index (χ2n) is 6.20. The summed E-state index contributed by atoms with van der Waals surface area (Å²) in [6.07, 6.45) is 4.08. The molecule has 3 aromatic rings. The molecule has 1 fully saturated rings. The average Bonchev–Trinajstić information content (AvgIpc) is 3.04. The lowest BCUT2D eigenvalue weighted by Gasteiger charge is -2.35. The van der Waals surface area contributed by atoms with E-state index >= 15 is 0 Å². The van der Waals surface area contributed by atoms with E-state index in [1.807, 2.05) is 6.07 Å². The lowest BCUT2D eigenvalue weighted by molar-refractivity contribution is 0.188. The zero-order chi connectivity index (χ0) is 18.8. The molecule has 140 valence electrons. The van der Waals surface area contributed by atoms with Crippen LogP contribution < -0.4 is 15.5 Å². The number of aromatic nitrogens is 5. The summed E-state index contributed by atoms with van der Waals surface area (Å²) in [7, 11) is 0. The molecule has 3 aromatic heterocycles. The maximum atomic E-state index is 11.0. The second-order valence-corrected chi connectivity index (χ2v) is 6.59. The third-order valence-corrected chi connectivity index (χ3v) is 4.57. The van der Waals surface area contributed by atoms with Gasteiger partial charge in [0.2, 0.25) is 0 Å². The van der Waals surface area contributed by atoms with Gasteiger partial charge in [0.1, 0.15) is 5.15 Å². The topological polar surface area (TPSA) is 121 Å². The SMILES string of the molecule is O=C(O)NC1CCCN(c2ccncc2Nc2nnc3ccc(Cl)nn23)C1. The van der Waals surface area contributed by atoms with Crippen LogP contribution in [0.3, 0.4) is 0 Å². The van der Waals surface area contributed by atoms with E-state index in [0.29, 0.717) is 23.3 Å². The first-order valence-corrected chi connectivity index (χ1v) is 8.81. The molecule has 0 aromatic carbocycles. The van der Waals surface area contributed by atoms with Crippen molar-refractivity contribution in [3.8, 4) is 0 Å². The summed E-state index contributed by atoms with van der Waals surface area (Å²) in [6, 6.07) is 5.14. The summed E-state index contributed by atoms with van der Waals surface area (Å²) < 4.78 is 1.52. The van der Waals surface area contributed by atoms with Crippen molar-refractivity contribution in [3.05, 3.63) is 35.7 Å². The number of hydrogen-bond acceptors (Lipinski definition) is 7. The van der Waals surface area contributed by atoms with Crippen molar-refractivity contribution in [1.29, 1.82) is 0 Å². The Bertz CT molecular complexity index is 978. The fourth-order valence-corrected chi connectivity index (χ4v) is 3.35. The summed E-state index contributed by atoms with van der Waals surface area (Å²) in [5.41, 5.74) is 2.20. The predicted molar refractivity (Wildman–Crippen MR) is 99.7 cm³/mol. The van der Waals surface area contributed by atoms with Gasteiger partial charge >= 0.3 is 6.09 Å². The van der Waals surface area contributed by atoms with E-state index < -0.39 is 6.09 Å². The number of fused-ring (bicyclic) bond motifs is 1. The van der Waals surface area contributed by atoms with Crippen LogP contribution >= 0.6 is 11.6 Å². The minimum absolute atomic E-state index is 0.119. The third kappa shape index (κ3) is 3.70. The van der Waals surface area contributed by atoms with Crippen LogP contribution in [0.25, 0.3) is 5.65 Å². The number of carboxylic acid groups (broad SMARTS) is 1. The van der Waals surface area contributed by atoms with Gasteiger partial charge in [-0.15, -0.1) is 10.2 Å². The molecule has 4 rings (SSSR count). The highest BCUT2D eigenvalue weighted by molar-refractivity contribution is 6.29. The summed E-state index contributed by atoms with van der Waals surface area (Å²) in [5, 5.41) is 27.5. The van der Waals surface area contributed by atoms with Crippen LogP contribution in [0.4, 0.5) is 22.1 Å². The number of rotatable bonds is 4. The molecule has 27 heavy (non-hydrogen) atoms. The molecule has 4 heterocycles. The van der Waals surface area contributed by atoms with Crippen molar-refractivity contribution in [2.24, 2.45) is 0 Å². The first kappa shape index (κ1) is 17.3. The fourth-order valence-electron chi connectivity index (χ4n) is 3.21. The van der Waals surface area contributed by atoms with E-state index in [1.54, 1.807) is 24.5 Å². The van der Waals surface area contributed by atoms with Crippen molar-refractivity contribution in [2.45, 2.75) is 18.9 Å². The standard InChI is InChI=1S/C16H17ClN8O2/c17-13-3-4-14-21-22-15(25(14)23-13)20-11-8-18-6-5-12(11)24-7-1-2-10(9-24)19-16(26)27/h3-6,8,10,19H,1-2,7,9H2,(H,20,22)(H,26,27). The number of halogens is 1. The van der Waals surface area contributed by atoms with Crippen molar-refractivity contribution >= 4 is 40.7 Å². The maximum Gasteiger partial charge on any atom is 0.404 e. The lowest BCUT2D eigenvalue weighted by Crippen LogP contribution is -2.47. The van der Waals surface area contributed by atoms with E-state index in [4.69, 9.17) is 16.7 Å². The van der Waals surface area contributed by atoms with Crippen molar-refractivity contribution in [2.75, 3.05) is 23.3 Å². The summed E-state index contributed by atoms with van der Waals surface area (Å²) in [5.74, 6) is 0.416. The highest BCUT2D eigenvalue weighted by atomic mass is 35.5. The molecule has 1 amide bonds. The monoisotopic (exact) mass is 388 g/mol. The minimum Gasteiger partial charge on any atom is -0.465 e. The van der Waals surface area contributed by atoms with Gasteiger partial charge in [-0.3, -0.25) is 4.98 Å². The molecule has 1 saturated heterocycles. The molecular weight excluding hydrogens is 372 g/mol. The van der Waals surface area contributed by atoms with Crippen LogP contribution in [0.15, 0.2) is 30.6 Å². The van der Waals surface area contributed by atoms with Crippen LogP contribution in [0, 0.1) is 0 Å². The van der Waals surface area contributed by atoms with E-state index in [9.17, 15) is 4.79 Å². The highest BCUT2D eigenvalue weighted by Gasteiger charge is 2.23. The largest absolute Gasteiger partial charge is 0.465 e. The molecule has 0 saturated carbocycles. The van der Waals surface area contributed by atoms with Crippen LogP contribution in [0.2, 0.25) is 5.15 Å². The van der Waals surface area contributed by atoms with Gasteiger partial charge in [-0.05, 0) is 31.0 Å². The summed E-state index contributed by atoms with van der Waals surface area (Å²) in [6.45, 7) is 1.40. The molecular formula is C16H17ClN8O2. The molecule has 11 heteroatoms. The van der Waals surface area contributed by atoms with Gasteiger partial charge in [-0.2, -0.15) is 9.61 Å². The van der Waals surface area contributed by atoms with E-state index in [0.717, 1.165) is 30.8 Å². The average molecular weight is 389 g/mol. The normalized spacial score (nSPS) is 17.1. The number of pyridine rings is 1. The molecule has 1 atom stereocenters. The van der Waals surface area contributed by atoms with Gasteiger partial charge in [-0.1, -0.05) is 11.6 Å². The summed E-state index contributed by atoms with van der Waals surface area (Å²) >= 11 is 5.97. The molecule has 0 radical (unpaired) electrons.